The van der Waals surface area contributed by atoms with Gasteiger partial charge in [-0.15, -0.1) is 0 Å². The molecule has 1 amide bonds. The summed E-state index contributed by atoms with van der Waals surface area (Å²) in [5.41, 5.74) is 3.28. The fourth-order valence-corrected chi connectivity index (χ4v) is 3.95. The lowest BCUT2D eigenvalue weighted by Crippen LogP contribution is -2.48. The van der Waals surface area contributed by atoms with E-state index in [4.69, 9.17) is 0 Å². The maximum absolute atomic E-state index is 12.9. The molecule has 168 valence electrons. The standard InChI is InChI=1S/C25H32N6O/c1-17(2)23-27-24(29-28-23)21-7-5-6-8-22(21)26-25(32)19-9-11-20(12-10-19)31-15-13-30(14-16-31)18(3)4/h5-12,17-18H,13-16H2,1-4H3,(H,26,32)(H,27,28,29). The summed E-state index contributed by atoms with van der Waals surface area (Å²) in [6.07, 6.45) is 0. The zero-order valence-corrected chi connectivity index (χ0v) is 19.3. The second kappa shape index (κ2) is 9.53. The topological polar surface area (TPSA) is 77.2 Å². The van der Waals surface area contributed by atoms with Crippen LogP contribution >= 0.6 is 0 Å². The summed E-state index contributed by atoms with van der Waals surface area (Å²) in [6, 6.07) is 16.1. The fourth-order valence-electron chi connectivity index (χ4n) is 3.95. The van der Waals surface area contributed by atoms with Crippen molar-refractivity contribution in [2.75, 3.05) is 36.4 Å². The number of amides is 1. The summed E-state index contributed by atoms with van der Waals surface area (Å²) in [4.78, 5) is 22.4. The molecule has 1 saturated heterocycles. The number of para-hydroxylation sites is 1. The highest BCUT2D eigenvalue weighted by molar-refractivity contribution is 6.06. The number of H-pyrrole nitrogens is 1. The highest BCUT2D eigenvalue weighted by Gasteiger charge is 2.19. The molecular weight excluding hydrogens is 400 g/mol. The number of aromatic amines is 1. The van der Waals surface area contributed by atoms with Gasteiger partial charge in [-0.2, -0.15) is 5.10 Å². The van der Waals surface area contributed by atoms with E-state index < -0.39 is 0 Å². The van der Waals surface area contributed by atoms with Crippen LogP contribution in [0, 0.1) is 0 Å². The third kappa shape index (κ3) is 4.83. The summed E-state index contributed by atoms with van der Waals surface area (Å²) < 4.78 is 0. The number of nitrogens with zero attached hydrogens (tertiary/aromatic N) is 4. The maximum atomic E-state index is 12.9. The first-order valence-electron chi connectivity index (χ1n) is 11.3. The second-order valence-electron chi connectivity index (χ2n) is 8.86. The van der Waals surface area contributed by atoms with Gasteiger partial charge in [-0.3, -0.25) is 14.8 Å². The molecular formula is C25H32N6O. The number of piperazine rings is 1. The van der Waals surface area contributed by atoms with Gasteiger partial charge < -0.3 is 10.2 Å². The predicted octanol–water partition coefficient (Wildman–Crippen LogP) is 4.38. The first-order valence-corrected chi connectivity index (χ1v) is 11.3. The Morgan fingerprint density at radius 1 is 0.969 bits per heavy atom. The highest BCUT2D eigenvalue weighted by Crippen LogP contribution is 2.27. The first-order chi connectivity index (χ1) is 15.4. The molecule has 0 bridgehead atoms. The molecule has 0 spiro atoms. The Hall–Kier alpha value is -3.19. The minimum atomic E-state index is -0.145. The quantitative estimate of drug-likeness (QED) is 0.605. The lowest BCUT2D eigenvalue weighted by atomic mass is 10.1. The van der Waals surface area contributed by atoms with Crippen molar-refractivity contribution < 1.29 is 4.79 Å². The molecule has 7 heteroatoms. The average Bonchev–Trinajstić information content (AvgIpc) is 3.30. The maximum Gasteiger partial charge on any atom is 0.255 e. The Labute approximate surface area is 189 Å². The number of anilines is 2. The Kier molecular flexibility index (Phi) is 6.55. The molecule has 3 aromatic rings. The van der Waals surface area contributed by atoms with E-state index in [2.05, 4.69) is 58.0 Å². The number of nitrogens with one attached hydrogen (secondary N) is 2. The zero-order valence-electron chi connectivity index (χ0n) is 19.3. The minimum Gasteiger partial charge on any atom is -0.369 e. The molecule has 0 unspecified atom stereocenters. The molecule has 0 saturated carbocycles. The van der Waals surface area contributed by atoms with Crippen molar-refractivity contribution in [1.82, 2.24) is 20.1 Å². The van der Waals surface area contributed by atoms with Crippen LogP contribution in [-0.4, -0.2) is 58.2 Å². The Balaban J connectivity index is 1.45. The molecule has 2 aromatic carbocycles. The molecule has 1 aliphatic heterocycles. The number of hydrogen-bond acceptors (Lipinski definition) is 5. The Morgan fingerprint density at radius 2 is 1.66 bits per heavy atom. The van der Waals surface area contributed by atoms with Gasteiger partial charge in [0.05, 0.1) is 5.69 Å². The monoisotopic (exact) mass is 432 g/mol. The lowest BCUT2D eigenvalue weighted by Gasteiger charge is -2.38. The third-order valence-electron chi connectivity index (χ3n) is 6.00. The van der Waals surface area contributed by atoms with Crippen LogP contribution in [0.5, 0.6) is 0 Å². The average molecular weight is 433 g/mol. The number of carbonyl (C=O) groups is 1. The normalized spacial score (nSPS) is 14.9. The van der Waals surface area contributed by atoms with E-state index in [9.17, 15) is 4.79 Å². The van der Waals surface area contributed by atoms with E-state index >= 15 is 0 Å². The Bertz CT molecular complexity index is 1050. The summed E-state index contributed by atoms with van der Waals surface area (Å²) in [6.45, 7) is 12.8. The van der Waals surface area contributed by atoms with E-state index in [1.54, 1.807) is 0 Å². The molecule has 7 nitrogen and oxygen atoms in total. The van der Waals surface area contributed by atoms with Crippen molar-refractivity contribution in [3.8, 4) is 11.4 Å². The molecule has 32 heavy (non-hydrogen) atoms. The van der Waals surface area contributed by atoms with E-state index in [1.165, 1.54) is 0 Å². The van der Waals surface area contributed by atoms with Gasteiger partial charge in [0.2, 0.25) is 0 Å². The third-order valence-corrected chi connectivity index (χ3v) is 6.00. The van der Waals surface area contributed by atoms with Crippen molar-refractivity contribution in [3.63, 3.8) is 0 Å². The number of hydrogen-bond donors (Lipinski definition) is 2. The molecule has 2 heterocycles. The van der Waals surface area contributed by atoms with Crippen LogP contribution < -0.4 is 10.2 Å². The summed E-state index contributed by atoms with van der Waals surface area (Å²) >= 11 is 0. The SMILES string of the molecule is CC(C)c1nc(-c2ccccc2NC(=O)c2ccc(N3CCN(C(C)C)CC3)cc2)n[nH]1. The van der Waals surface area contributed by atoms with Gasteiger partial charge in [0.15, 0.2) is 5.82 Å². The van der Waals surface area contributed by atoms with Crippen LogP contribution in [0.2, 0.25) is 0 Å². The van der Waals surface area contributed by atoms with E-state index in [1.807, 2.05) is 48.5 Å². The van der Waals surface area contributed by atoms with Crippen molar-refractivity contribution >= 4 is 17.3 Å². The number of aromatic nitrogens is 3. The molecule has 0 atom stereocenters. The molecule has 1 aliphatic rings. The van der Waals surface area contributed by atoms with Gasteiger partial charge in [-0.25, -0.2) is 4.98 Å². The van der Waals surface area contributed by atoms with Crippen LogP contribution in [0.25, 0.3) is 11.4 Å². The molecule has 1 fully saturated rings. The van der Waals surface area contributed by atoms with Gasteiger partial charge in [0, 0.05) is 55.0 Å². The van der Waals surface area contributed by atoms with Crippen molar-refractivity contribution in [2.45, 2.75) is 39.7 Å². The summed E-state index contributed by atoms with van der Waals surface area (Å²) in [5.74, 6) is 1.52. The number of benzene rings is 2. The van der Waals surface area contributed by atoms with Gasteiger partial charge in [0.1, 0.15) is 5.82 Å². The lowest BCUT2D eigenvalue weighted by molar-refractivity contribution is 0.102. The largest absolute Gasteiger partial charge is 0.369 e. The molecule has 0 aliphatic carbocycles. The van der Waals surface area contributed by atoms with Gasteiger partial charge in [-0.1, -0.05) is 26.0 Å². The summed E-state index contributed by atoms with van der Waals surface area (Å²) in [5, 5.41) is 10.3. The molecule has 4 rings (SSSR count). The van der Waals surface area contributed by atoms with Crippen molar-refractivity contribution in [2.24, 2.45) is 0 Å². The molecule has 0 radical (unpaired) electrons. The van der Waals surface area contributed by atoms with Crippen LogP contribution in [0.3, 0.4) is 0 Å². The van der Waals surface area contributed by atoms with Gasteiger partial charge in [-0.05, 0) is 50.2 Å². The fraction of sp³-hybridized carbons (Fsp3) is 0.400. The molecule has 2 N–H and O–H groups in total. The van der Waals surface area contributed by atoms with Gasteiger partial charge in [0.25, 0.3) is 5.91 Å². The van der Waals surface area contributed by atoms with E-state index in [0.717, 1.165) is 43.3 Å². The highest BCUT2D eigenvalue weighted by atomic mass is 16.1. The van der Waals surface area contributed by atoms with Crippen molar-refractivity contribution in [3.05, 3.63) is 59.9 Å². The van der Waals surface area contributed by atoms with E-state index in [0.29, 0.717) is 23.1 Å². The van der Waals surface area contributed by atoms with Gasteiger partial charge >= 0.3 is 0 Å². The first kappa shape index (κ1) is 22.0. The number of rotatable bonds is 6. The minimum absolute atomic E-state index is 0.145. The second-order valence-corrected chi connectivity index (χ2v) is 8.86. The number of carbonyl (C=O) groups excluding carboxylic acids is 1. The Morgan fingerprint density at radius 3 is 2.28 bits per heavy atom. The summed E-state index contributed by atoms with van der Waals surface area (Å²) in [7, 11) is 0. The van der Waals surface area contributed by atoms with Crippen LogP contribution in [0.4, 0.5) is 11.4 Å². The van der Waals surface area contributed by atoms with Crippen LogP contribution in [-0.2, 0) is 0 Å². The van der Waals surface area contributed by atoms with Crippen molar-refractivity contribution in [1.29, 1.82) is 0 Å². The predicted molar refractivity (Wildman–Crippen MR) is 129 cm³/mol. The van der Waals surface area contributed by atoms with Crippen LogP contribution in [0.1, 0.15) is 49.8 Å². The van der Waals surface area contributed by atoms with E-state index in [-0.39, 0.29) is 11.8 Å². The zero-order chi connectivity index (χ0) is 22.7. The molecule has 1 aromatic heterocycles. The van der Waals surface area contributed by atoms with Crippen LogP contribution in [0.15, 0.2) is 48.5 Å². The smallest absolute Gasteiger partial charge is 0.255 e.